The maximum Gasteiger partial charge on any atom is 0.0950 e. The molecule has 0 aliphatic heterocycles. The molecule has 13 heavy (non-hydrogen) atoms. The molecule has 0 amide bonds. The van der Waals surface area contributed by atoms with E-state index >= 15 is 0 Å². The van der Waals surface area contributed by atoms with Crippen LogP contribution in [-0.4, -0.2) is 16.9 Å². The van der Waals surface area contributed by atoms with Crippen molar-refractivity contribution in [3.05, 3.63) is 23.5 Å². The van der Waals surface area contributed by atoms with E-state index in [0.717, 1.165) is 11.3 Å². The minimum absolute atomic E-state index is 0.0566. The van der Waals surface area contributed by atoms with Crippen molar-refractivity contribution in [2.24, 2.45) is 0 Å². The van der Waals surface area contributed by atoms with Crippen LogP contribution in [0.5, 0.6) is 0 Å². The molecule has 0 atom stereocenters. The number of hydrogen-bond donors (Lipinski definition) is 0. The third-order valence-electron chi connectivity index (χ3n) is 1.92. The monoisotopic (exact) mass is 182 g/mol. The van der Waals surface area contributed by atoms with Gasteiger partial charge in [-0.2, -0.15) is 10.2 Å². The van der Waals surface area contributed by atoms with Crippen LogP contribution < -0.4 is 0 Å². The molecule has 72 valence electrons. The molecule has 2 nitrogen and oxygen atoms in total. The average Bonchev–Trinajstić information content (AvgIpc) is 2.04. The van der Waals surface area contributed by atoms with E-state index in [4.69, 9.17) is 0 Å². The Balaban J connectivity index is 2.92. The molecule has 0 aliphatic rings. The molecule has 0 unspecified atom stereocenters. The molecule has 0 fully saturated rings. The fraction of sp³-hybridized carbons (Fsp3) is 0.600. The normalized spacial score (nSPS) is 11.7. The molecule has 1 aromatic heterocycles. The molecule has 0 saturated heterocycles. The first-order valence-corrected chi connectivity index (χ1v) is 4.42. The zero-order chi connectivity index (χ0) is 9.90. The lowest BCUT2D eigenvalue weighted by atomic mass is 9.88. The molecule has 0 aliphatic carbocycles. The Hall–Kier alpha value is -0.990. The van der Waals surface area contributed by atoms with Crippen molar-refractivity contribution in [2.45, 2.75) is 32.6 Å². The predicted octanol–water partition coefficient (Wildman–Crippen LogP) is 2.29. The van der Waals surface area contributed by atoms with Gasteiger partial charge in [-0.25, -0.2) is 0 Å². The van der Waals surface area contributed by atoms with E-state index in [-0.39, 0.29) is 12.1 Å². The van der Waals surface area contributed by atoms with Gasteiger partial charge in [-0.15, -0.1) is 0 Å². The van der Waals surface area contributed by atoms with Crippen LogP contribution in [0, 0.1) is 0 Å². The molecule has 0 spiro atoms. The van der Waals surface area contributed by atoms with E-state index in [9.17, 15) is 4.39 Å². The van der Waals surface area contributed by atoms with Gasteiger partial charge in [0.15, 0.2) is 0 Å². The number of hydrogen-bond acceptors (Lipinski definition) is 2. The Labute approximate surface area is 78.2 Å². The van der Waals surface area contributed by atoms with Gasteiger partial charge in [-0.05, 0) is 17.0 Å². The van der Waals surface area contributed by atoms with Crippen LogP contribution in [0.15, 0.2) is 12.3 Å². The van der Waals surface area contributed by atoms with Crippen LogP contribution in [-0.2, 0) is 11.8 Å². The van der Waals surface area contributed by atoms with Crippen molar-refractivity contribution in [1.82, 2.24) is 10.2 Å². The van der Waals surface area contributed by atoms with Gasteiger partial charge in [-0.3, -0.25) is 4.39 Å². The molecule has 0 bridgehead atoms. The Morgan fingerprint density at radius 3 is 2.62 bits per heavy atom. The minimum atomic E-state index is -0.373. The van der Waals surface area contributed by atoms with Crippen LogP contribution in [0.25, 0.3) is 0 Å². The summed E-state index contributed by atoms with van der Waals surface area (Å²) in [6.45, 7) is 5.93. The molecular formula is C10H15FN2. The van der Waals surface area contributed by atoms with Crippen molar-refractivity contribution in [2.75, 3.05) is 6.67 Å². The first-order chi connectivity index (χ1) is 6.04. The number of nitrogens with zero attached hydrogens (tertiary/aromatic N) is 2. The summed E-state index contributed by atoms with van der Waals surface area (Å²) < 4.78 is 12.0. The molecule has 0 saturated carbocycles. The van der Waals surface area contributed by atoms with Gasteiger partial charge in [0, 0.05) is 6.42 Å². The topological polar surface area (TPSA) is 25.8 Å². The zero-order valence-electron chi connectivity index (χ0n) is 8.34. The molecule has 0 N–H and O–H groups in total. The lowest BCUT2D eigenvalue weighted by Crippen LogP contribution is -2.12. The third-order valence-corrected chi connectivity index (χ3v) is 1.92. The van der Waals surface area contributed by atoms with E-state index in [0.29, 0.717) is 6.42 Å². The molecule has 3 heteroatoms. The highest BCUT2D eigenvalue weighted by molar-refractivity contribution is 5.20. The summed E-state index contributed by atoms with van der Waals surface area (Å²) in [4.78, 5) is 0. The summed E-state index contributed by atoms with van der Waals surface area (Å²) in [7, 11) is 0. The molecule has 1 aromatic rings. The van der Waals surface area contributed by atoms with Gasteiger partial charge in [0.25, 0.3) is 0 Å². The summed E-state index contributed by atoms with van der Waals surface area (Å²) in [6, 6.07) is 1.92. The fourth-order valence-corrected chi connectivity index (χ4v) is 1.04. The standard InChI is InChI=1S/C10H15FN2/c1-10(2,3)8-6-9(4-5-11)13-12-7-8/h6-7H,4-5H2,1-3H3. The summed E-state index contributed by atoms with van der Waals surface area (Å²) in [6.07, 6.45) is 2.10. The minimum Gasteiger partial charge on any atom is -0.251 e. The highest BCUT2D eigenvalue weighted by Crippen LogP contribution is 2.21. The number of rotatable bonds is 2. The second-order valence-corrected chi connectivity index (χ2v) is 4.12. The van der Waals surface area contributed by atoms with Crippen LogP contribution in [0.3, 0.4) is 0 Å². The van der Waals surface area contributed by atoms with Crippen LogP contribution in [0.4, 0.5) is 4.39 Å². The quantitative estimate of drug-likeness (QED) is 0.701. The molecule has 1 rings (SSSR count). The predicted molar refractivity (Wildman–Crippen MR) is 50.4 cm³/mol. The molecular weight excluding hydrogens is 167 g/mol. The summed E-state index contributed by atoms with van der Waals surface area (Å²) in [5, 5.41) is 7.71. The Morgan fingerprint density at radius 1 is 1.38 bits per heavy atom. The first kappa shape index (κ1) is 10.1. The number of aromatic nitrogens is 2. The van der Waals surface area contributed by atoms with E-state index in [1.807, 2.05) is 6.07 Å². The second-order valence-electron chi connectivity index (χ2n) is 4.12. The highest BCUT2D eigenvalue weighted by atomic mass is 19.1. The van der Waals surface area contributed by atoms with Crippen molar-refractivity contribution in [3.63, 3.8) is 0 Å². The average molecular weight is 182 g/mol. The van der Waals surface area contributed by atoms with Crippen LogP contribution in [0.1, 0.15) is 32.0 Å². The molecule has 0 aromatic carbocycles. The van der Waals surface area contributed by atoms with Gasteiger partial charge in [0.1, 0.15) is 0 Å². The smallest absolute Gasteiger partial charge is 0.0950 e. The van der Waals surface area contributed by atoms with Crippen molar-refractivity contribution in [3.8, 4) is 0 Å². The van der Waals surface area contributed by atoms with Gasteiger partial charge in [0.05, 0.1) is 18.6 Å². The maximum absolute atomic E-state index is 12.0. The van der Waals surface area contributed by atoms with Gasteiger partial charge >= 0.3 is 0 Å². The lowest BCUT2D eigenvalue weighted by molar-refractivity contribution is 0.488. The number of aryl methyl sites for hydroxylation is 1. The van der Waals surface area contributed by atoms with E-state index in [1.165, 1.54) is 0 Å². The molecule has 1 heterocycles. The molecule has 0 radical (unpaired) electrons. The highest BCUT2D eigenvalue weighted by Gasteiger charge is 2.14. The summed E-state index contributed by atoms with van der Waals surface area (Å²) >= 11 is 0. The first-order valence-electron chi connectivity index (χ1n) is 4.42. The van der Waals surface area contributed by atoms with Crippen molar-refractivity contribution >= 4 is 0 Å². The Bertz CT molecular complexity index is 278. The largest absolute Gasteiger partial charge is 0.251 e. The zero-order valence-corrected chi connectivity index (χ0v) is 8.34. The SMILES string of the molecule is CC(C)(C)c1cnnc(CCF)c1. The lowest BCUT2D eigenvalue weighted by Gasteiger charge is -2.18. The van der Waals surface area contributed by atoms with Crippen molar-refractivity contribution in [1.29, 1.82) is 0 Å². The van der Waals surface area contributed by atoms with Crippen LogP contribution >= 0.6 is 0 Å². The van der Waals surface area contributed by atoms with Crippen molar-refractivity contribution < 1.29 is 4.39 Å². The summed E-state index contributed by atoms with van der Waals surface area (Å²) in [5.74, 6) is 0. The van der Waals surface area contributed by atoms with E-state index in [2.05, 4.69) is 31.0 Å². The fourth-order valence-electron chi connectivity index (χ4n) is 1.04. The van der Waals surface area contributed by atoms with E-state index in [1.54, 1.807) is 6.20 Å². The number of alkyl halides is 1. The number of halogens is 1. The summed E-state index contributed by atoms with van der Waals surface area (Å²) in [5.41, 5.74) is 1.89. The Morgan fingerprint density at radius 2 is 2.08 bits per heavy atom. The van der Waals surface area contributed by atoms with Gasteiger partial charge < -0.3 is 0 Å². The van der Waals surface area contributed by atoms with Gasteiger partial charge in [-0.1, -0.05) is 20.8 Å². The van der Waals surface area contributed by atoms with Crippen LogP contribution in [0.2, 0.25) is 0 Å². The Kier molecular flexibility index (Phi) is 2.96. The maximum atomic E-state index is 12.0. The third kappa shape index (κ3) is 2.76. The second kappa shape index (κ2) is 3.81. The van der Waals surface area contributed by atoms with E-state index < -0.39 is 0 Å². The van der Waals surface area contributed by atoms with Gasteiger partial charge in [0.2, 0.25) is 0 Å².